The Morgan fingerprint density at radius 2 is 1.67 bits per heavy atom. The number of benzene rings is 2. The molecule has 4 rings (SSSR count). The van der Waals surface area contributed by atoms with Crippen LogP contribution in [0.3, 0.4) is 0 Å². The van der Waals surface area contributed by atoms with Gasteiger partial charge in [-0.3, -0.25) is 4.79 Å². The van der Waals surface area contributed by atoms with Gasteiger partial charge in [-0.1, -0.05) is 44.2 Å². The van der Waals surface area contributed by atoms with Gasteiger partial charge >= 0.3 is 0 Å². The van der Waals surface area contributed by atoms with E-state index in [0.717, 1.165) is 31.4 Å². The van der Waals surface area contributed by atoms with Crippen LogP contribution in [-0.2, 0) is 21.2 Å². The van der Waals surface area contributed by atoms with E-state index in [-0.39, 0.29) is 11.8 Å². The summed E-state index contributed by atoms with van der Waals surface area (Å²) in [4.78, 5) is 16.9. The van der Waals surface area contributed by atoms with Crippen molar-refractivity contribution in [3.8, 4) is 5.75 Å². The van der Waals surface area contributed by atoms with Gasteiger partial charge in [-0.15, -0.1) is 0 Å². The Morgan fingerprint density at radius 1 is 1.00 bits per heavy atom. The number of piperidine rings is 1. The Hall–Kier alpha value is -2.58. The van der Waals surface area contributed by atoms with Crippen LogP contribution in [0.1, 0.15) is 38.7 Å². The molecule has 0 radical (unpaired) electrons. The SMILES string of the molecule is CC[C@@H](C)C(=O)N1CCN(c2cc(S(=O)(=O)N3CCC(Cc4ccccc4)CC3)ccc2OC)CC1. The van der Waals surface area contributed by atoms with Gasteiger partial charge in [0.05, 0.1) is 17.7 Å². The molecule has 7 nitrogen and oxygen atoms in total. The Bertz CT molecular complexity index is 1120. The van der Waals surface area contributed by atoms with Gasteiger partial charge in [0.25, 0.3) is 0 Å². The van der Waals surface area contributed by atoms with E-state index in [9.17, 15) is 13.2 Å². The molecule has 36 heavy (non-hydrogen) atoms. The van der Waals surface area contributed by atoms with Crippen LogP contribution in [0.2, 0.25) is 0 Å². The van der Waals surface area contributed by atoms with Crippen LogP contribution in [-0.4, -0.2) is 69.9 Å². The lowest BCUT2D eigenvalue weighted by Gasteiger charge is -2.38. The van der Waals surface area contributed by atoms with Crippen molar-refractivity contribution in [2.45, 2.75) is 44.4 Å². The molecule has 2 aliphatic rings. The van der Waals surface area contributed by atoms with Crippen LogP contribution in [0.15, 0.2) is 53.4 Å². The van der Waals surface area contributed by atoms with E-state index in [1.54, 1.807) is 29.6 Å². The number of anilines is 1. The van der Waals surface area contributed by atoms with E-state index in [0.29, 0.717) is 55.8 Å². The van der Waals surface area contributed by atoms with Gasteiger partial charge in [-0.05, 0) is 55.4 Å². The number of sulfonamides is 1. The first-order chi connectivity index (χ1) is 17.3. The maximum atomic E-state index is 13.5. The van der Waals surface area contributed by atoms with E-state index in [2.05, 4.69) is 29.2 Å². The van der Waals surface area contributed by atoms with Crippen molar-refractivity contribution >= 4 is 21.6 Å². The van der Waals surface area contributed by atoms with Crippen LogP contribution < -0.4 is 9.64 Å². The minimum atomic E-state index is -3.60. The summed E-state index contributed by atoms with van der Waals surface area (Å²) in [6.45, 7) is 7.61. The van der Waals surface area contributed by atoms with Gasteiger partial charge in [0.2, 0.25) is 15.9 Å². The molecule has 0 aliphatic carbocycles. The molecule has 2 aromatic carbocycles. The van der Waals surface area contributed by atoms with Crippen molar-refractivity contribution in [1.82, 2.24) is 9.21 Å². The quantitative estimate of drug-likeness (QED) is 0.533. The summed E-state index contributed by atoms with van der Waals surface area (Å²) in [5, 5.41) is 0. The molecular formula is C28H39N3O4S. The van der Waals surface area contributed by atoms with Crippen molar-refractivity contribution in [3.05, 3.63) is 54.1 Å². The number of nitrogens with zero attached hydrogens (tertiary/aromatic N) is 3. The number of carbonyl (C=O) groups is 1. The number of ether oxygens (including phenoxy) is 1. The van der Waals surface area contributed by atoms with Gasteiger partial charge in [-0.25, -0.2) is 8.42 Å². The molecule has 0 N–H and O–H groups in total. The fraction of sp³-hybridized carbons (Fsp3) is 0.536. The summed E-state index contributed by atoms with van der Waals surface area (Å²) in [6, 6.07) is 15.6. The second-order valence-corrected chi connectivity index (χ2v) is 11.9. The second-order valence-electron chi connectivity index (χ2n) is 9.99. The molecule has 0 spiro atoms. The molecule has 0 saturated carbocycles. The summed E-state index contributed by atoms with van der Waals surface area (Å²) in [5.74, 6) is 1.37. The second kappa shape index (κ2) is 11.6. The highest BCUT2D eigenvalue weighted by Crippen LogP contribution is 2.34. The average molecular weight is 514 g/mol. The summed E-state index contributed by atoms with van der Waals surface area (Å²) in [6.07, 6.45) is 3.55. The molecule has 2 fully saturated rings. The standard InChI is InChI=1S/C28H39N3O4S/c1-4-22(2)28(32)30-18-16-29(17-19-30)26-21-25(10-11-27(26)35-3)36(33,34)31-14-12-24(13-15-31)20-23-8-6-5-7-9-23/h5-11,21-22,24H,4,12-20H2,1-3H3/t22-/m1/s1. The van der Waals surface area contributed by atoms with Crippen molar-refractivity contribution in [2.24, 2.45) is 11.8 Å². The highest BCUT2D eigenvalue weighted by Gasteiger charge is 2.31. The Kier molecular flexibility index (Phi) is 8.57. The number of hydrogen-bond acceptors (Lipinski definition) is 5. The monoisotopic (exact) mass is 513 g/mol. The number of carbonyl (C=O) groups excluding carboxylic acids is 1. The largest absolute Gasteiger partial charge is 0.495 e. The zero-order valence-electron chi connectivity index (χ0n) is 21.7. The van der Waals surface area contributed by atoms with Gasteiger partial charge in [0.15, 0.2) is 0 Å². The zero-order chi connectivity index (χ0) is 25.7. The minimum Gasteiger partial charge on any atom is -0.495 e. The highest BCUT2D eigenvalue weighted by atomic mass is 32.2. The van der Waals surface area contributed by atoms with Crippen LogP contribution in [0.4, 0.5) is 5.69 Å². The Balaban J connectivity index is 1.43. The van der Waals surface area contributed by atoms with Crippen molar-refractivity contribution in [1.29, 1.82) is 0 Å². The molecule has 196 valence electrons. The predicted molar refractivity (Wildman–Crippen MR) is 143 cm³/mol. The minimum absolute atomic E-state index is 0.0244. The van der Waals surface area contributed by atoms with Gasteiger partial charge in [0, 0.05) is 45.2 Å². The number of rotatable bonds is 8. The highest BCUT2D eigenvalue weighted by molar-refractivity contribution is 7.89. The lowest BCUT2D eigenvalue weighted by Crippen LogP contribution is -2.50. The third-order valence-electron chi connectivity index (χ3n) is 7.69. The average Bonchev–Trinajstić information content (AvgIpc) is 2.92. The van der Waals surface area contributed by atoms with Gasteiger partial charge in [0.1, 0.15) is 5.75 Å². The molecule has 1 amide bonds. The third-order valence-corrected chi connectivity index (χ3v) is 9.59. The first kappa shape index (κ1) is 26.5. The van der Waals surface area contributed by atoms with Gasteiger partial charge < -0.3 is 14.5 Å². The molecule has 0 aromatic heterocycles. The summed E-state index contributed by atoms with van der Waals surface area (Å²) >= 11 is 0. The molecule has 2 aromatic rings. The predicted octanol–water partition coefficient (Wildman–Crippen LogP) is 4.03. The van der Waals surface area contributed by atoms with Crippen molar-refractivity contribution in [2.75, 3.05) is 51.3 Å². The topological polar surface area (TPSA) is 70.2 Å². The maximum Gasteiger partial charge on any atom is 0.243 e. The zero-order valence-corrected chi connectivity index (χ0v) is 22.5. The van der Waals surface area contributed by atoms with Gasteiger partial charge in [-0.2, -0.15) is 4.31 Å². The molecule has 8 heteroatoms. The fourth-order valence-electron chi connectivity index (χ4n) is 5.18. The maximum absolute atomic E-state index is 13.5. The first-order valence-corrected chi connectivity index (χ1v) is 14.5. The van der Waals surface area contributed by atoms with E-state index >= 15 is 0 Å². The molecule has 0 bridgehead atoms. The van der Waals surface area contributed by atoms with Crippen LogP contribution in [0.5, 0.6) is 5.75 Å². The summed E-state index contributed by atoms with van der Waals surface area (Å²) in [5.41, 5.74) is 2.08. The molecule has 2 heterocycles. The normalized spacial score (nSPS) is 18.8. The summed E-state index contributed by atoms with van der Waals surface area (Å²) in [7, 11) is -1.99. The number of amides is 1. The van der Waals surface area contributed by atoms with Crippen LogP contribution in [0, 0.1) is 11.8 Å². The van der Waals surface area contributed by atoms with Crippen LogP contribution in [0.25, 0.3) is 0 Å². The van der Waals surface area contributed by atoms with E-state index in [1.165, 1.54) is 5.56 Å². The lowest BCUT2D eigenvalue weighted by atomic mass is 9.91. The van der Waals surface area contributed by atoms with Crippen LogP contribution >= 0.6 is 0 Å². The molecule has 2 saturated heterocycles. The molecule has 2 aliphatic heterocycles. The molecule has 1 atom stereocenters. The number of hydrogen-bond donors (Lipinski definition) is 0. The Labute approximate surface area is 216 Å². The number of piperazine rings is 1. The van der Waals surface area contributed by atoms with E-state index in [1.807, 2.05) is 24.8 Å². The Morgan fingerprint density at radius 3 is 2.28 bits per heavy atom. The first-order valence-electron chi connectivity index (χ1n) is 13.1. The fourth-order valence-corrected chi connectivity index (χ4v) is 6.67. The van der Waals surface area contributed by atoms with Crippen molar-refractivity contribution < 1.29 is 17.9 Å². The van der Waals surface area contributed by atoms with E-state index in [4.69, 9.17) is 4.74 Å². The number of methoxy groups -OCH3 is 1. The summed E-state index contributed by atoms with van der Waals surface area (Å²) < 4.78 is 34.3. The van der Waals surface area contributed by atoms with Crippen molar-refractivity contribution in [3.63, 3.8) is 0 Å². The lowest BCUT2D eigenvalue weighted by molar-refractivity contribution is -0.135. The molecule has 0 unspecified atom stereocenters. The van der Waals surface area contributed by atoms with E-state index < -0.39 is 10.0 Å². The smallest absolute Gasteiger partial charge is 0.243 e. The molecular weight excluding hydrogens is 474 g/mol. The third kappa shape index (κ3) is 5.86.